The van der Waals surface area contributed by atoms with E-state index in [1.165, 1.54) is 10.9 Å². The molecule has 4 rings (SSSR count). The number of aromatic nitrogens is 3. The van der Waals surface area contributed by atoms with Crippen molar-refractivity contribution in [3.63, 3.8) is 0 Å². The minimum absolute atomic E-state index is 0.143. The summed E-state index contributed by atoms with van der Waals surface area (Å²) in [5, 5.41) is 9.75. The Labute approximate surface area is 166 Å². The first kappa shape index (κ1) is 18.7. The van der Waals surface area contributed by atoms with Crippen LogP contribution in [0.15, 0.2) is 51.9 Å². The third-order valence-corrected chi connectivity index (χ3v) is 4.75. The summed E-state index contributed by atoms with van der Waals surface area (Å²) in [6, 6.07) is 9.88. The van der Waals surface area contributed by atoms with Crippen molar-refractivity contribution >= 4 is 23.2 Å². The summed E-state index contributed by atoms with van der Waals surface area (Å²) in [5.74, 6) is 0.265. The molecule has 9 heteroatoms. The molecule has 150 valence electrons. The lowest BCUT2D eigenvalue weighted by molar-refractivity contribution is -0.117. The van der Waals surface area contributed by atoms with Gasteiger partial charge in [0.25, 0.3) is 5.91 Å². The lowest BCUT2D eigenvalue weighted by Gasteiger charge is -2.07. The van der Waals surface area contributed by atoms with Crippen LogP contribution < -0.4 is 16.3 Å². The maximum atomic E-state index is 12.4. The maximum absolute atomic E-state index is 12.4. The average molecular weight is 395 g/mol. The molecule has 0 atom stereocenters. The van der Waals surface area contributed by atoms with Crippen molar-refractivity contribution in [3.8, 4) is 0 Å². The van der Waals surface area contributed by atoms with E-state index in [4.69, 9.17) is 4.42 Å². The highest BCUT2D eigenvalue weighted by Gasteiger charge is 2.17. The van der Waals surface area contributed by atoms with E-state index in [0.29, 0.717) is 17.9 Å². The van der Waals surface area contributed by atoms with Crippen molar-refractivity contribution < 1.29 is 14.0 Å². The number of aryl methyl sites for hydroxylation is 1. The number of benzene rings is 1. The molecule has 0 saturated carbocycles. The molecule has 29 heavy (non-hydrogen) atoms. The summed E-state index contributed by atoms with van der Waals surface area (Å²) in [7, 11) is 0. The van der Waals surface area contributed by atoms with Crippen molar-refractivity contribution in [1.29, 1.82) is 0 Å². The standard InChI is InChI=1S/C20H21N5O4/c26-18(13-25-20(28)24-11-3-1-2-6-17(24)23-25)21-14-7-9-15(10-8-14)22-19(27)16-5-4-12-29-16/h4-5,7-10,12H,1-3,6,11,13H2,(H,21,26)(H,22,27). The van der Waals surface area contributed by atoms with Crippen LogP contribution in [0.5, 0.6) is 0 Å². The summed E-state index contributed by atoms with van der Waals surface area (Å²) in [5.41, 5.74) is 0.881. The molecule has 0 saturated heterocycles. The van der Waals surface area contributed by atoms with Crippen molar-refractivity contribution in [2.45, 2.75) is 38.8 Å². The van der Waals surface area contributed by atoms with Gasteiger partial charge in [-0.25, -0.2) is 9.48 Å². The Morgan fingerprint density at radius 2 is 1.79 bits per heavy atom. The molecule has 0 fully saturated rings. The zero-order valence-corrected chi connectivity index (χ0v) is 15.8. The Kier molecular flexibility index (Phi) is 5.28. The van der Waals surface area contributed by atoms with Crippen LogP contribution in [-0.4, -0.2) is 26.2 Å². The molecule has 3 aromatic rings. The van der Waals surface area contributed by atoms with E-state index < -0.39 is 0 Å². The van der Waals surface area contributed by atoms with Crippen LogP contribution in [0.2, 0.25) is 0 Å². The fraction of sp³-hybridized carbons (Fsp3) is 0.300. The normalized spacial score (nSPS) is 13.4. The largest absolute Gasteiger partial charge is 0.459 e. The van der Waals surface area contributed by atoms with Gasteiger partial charge in [-0.1, -0.05) is 6.42 Å². The number of fused-ring (bicyclic) bond motifs is 1. The highest BCUT2D eigenvalue weighted by Crippen LogP contribution is 2.15. The van der Waals surface area contributed by atoms with E-state index in [9.17, 15) is 14.4 Å². The molecule has 2 N–H and O–H groups in total. The molecule has 2 amide bonds. The molecule has 1 aromatic carbocycles. The second-order valence-corrected chi connectivity index (χ2v) is 6.88. The molecule has 1 aliphatic heterocycles. The number of nitrogens with one attached hydrogen (secondary N) is 2. The smallest absolute Gasteiger partial charge is 0.346 e. The van der Waals surface area contributed by atoms with Crippen LogP contribution in [0.1, 0.15) is 35.6 Å². The van der Waals surface area contributed by atoms with E-state index in [0.717, 1.165) is 31.5 Å². The summed E-state index contributed by atoms with van der Waals surface area (Å²) in [6.07, 6.45) is 5.23. The van der Waals surface area contributed by atoms with Gasteiger partial charge in [-0.15, -0.1) is 0 Å². The van der Waals surface area contributed by atoms with Gasteiger partial charge >= 0.3 is 5.69 Å². The third-order valence-electron chi connectivity index (χ3n) is 4.75. The number of amides is 2. The third kappa shape index (κ3) is 4.29. The molecule has 0 spiro atoms. The lowest BCUT2D eigenvalue weighted by atomic mass is 10.2. The van der Waals surface area contributed by atoms with Crippen molar-refractivity contribution in [2.75, 3.05) is 10.6 Å². The van der Waals surface area contributed by atoms with E-state index in [1.807, 2.05) is 0 Å². The van der Waals surface area contributed by atoms with Crippen LogP contribution in [0.25, 0.3) is 0 Å². The van der Waals surface area contributed by atoms with Crippen molar-refractivity contribution in [2.24, 2.45) is 0 Å². The highest BCUT2D eigenvalue weighted by molar-refractivity contribution is 6.02. The molecule has 3 heterocycles. The number of anilines is 2. The van der Waals surface area contributed by atoms with E-state index in [1.54, 1.807) is 41.0 Å². The van der Waals surface area contributed by atoms with Gasteiger partial charge in [-0.05, 0) is 49.2 Å². The lowest BCUT2D eigenvalue weighted by Crippen LogP contribution is -2.30. The Morgan fingerprint density at radius 3 is 2.52 bits per heavy atom. The first-order valence-electron chi connectivity index (χ1n) is 9.51. The number of hydrogen-bond acceptors (Lipinski definition) is 5. The van der Waals surface area contributed by atoms with E-state index in [-0.39, 0.29) is 29.8 Å². The second kappa shape index (κ2) is 8.17. The molecule has 1 aliphatic rings. The molecular formula is C20H21N5O4. The monoisotopic (exact) mass is 395 g/mol. The number of furan rings is 1. The molecule has 0 bridgehead atoms. The highest BCUT2D eigenvalue weighted by atomic mass is 16.3. The van der Waals surface area contributed by atoms with Crippen LogP contribution in [0.4, 0.5) is 11.4 Å². The summed E-state index contributed by atoms with van der Waals surface area (Å²) >= 11 is 0. The fourth-order valence-electron chi connectivity index (χ4n) is 3.30. The van der Waals surface area contributed by atoms with E-state index in [2.05, 4.69) is 15.7 Å². The molecular weight excluding hydrogens is 374 g/mol. The summed E-state index contributed by atoms with van der Waals surface area (Å²) < 4.78 is 7.92. The fourth-order valence-corrected chi connectivity index (χ4v) is 3.30. The number of rotatable bonds is 5. The van der Waals surface area contributed by atoms with Crippen LogP contribution in [0.3, 0.4) is 0 Å². The maximum Gasteiger partial charge on any atom is 0.346 e. The first-order chi connectivity index (χ1) is 14.1. The van der Waals surface area contributed by atoms with Gasteiger partial charge in [-0.2, -0.15) is 5.10 Å². The summed E-state index contributed by atoms with van der Waals surface area (Å²) in [4.78, 5) is 36.7. The second-order valence-electron chi connectivity index (χ2n) is 6.88. The van der Waals surface area contributed by atoms with Gasteiger partial charge in [0.2, 0.25) is 5.91 Å². The van der Waals surface area contributed by atoms with Crippen LogP contribution in [0, 0.1) is 0 Å². The van der Waals surface area contributed by atoms with Crippen molar-refractivity contribution in [3.05, 3.63) is 64.7 Å². The van der Waals surface area contributed by atoms with Gasteiger partial charge in [0.15, 0.2) is 5.76 Å². The zero-order chi connectivity index (χ0) is 20.2. The van der Waals surface area contributed by atoms with Gasteiger partial charge in [0, 0.05) is 24.3 Å². The number of hydrogen-bond donors (Lipinski definition) is 2. The molecule has 2 aromatic heterocycles. The van der Waals surface area contributed by atoms with Gasteiger partial charge in [0.1, 0.15) is 12.4 Å². The van der Waals surface area contributed by atoms with E-state index >= 15 is 0 Å². The number of carbonyl (C=O) groups is 2. The molecule has 9 nitrogen and oxygen atoms in total. The minimum Gasteiger partial charge on any atom is -0.459 e. The Bertz CT molecular complexity index is 1060. The molecule has 0 aliphatic carbocycles. The Balaban J connectivity index is 1.36. The molecule has 0 unspecified atom stereocenters. The first-order valence-corrected chi connectivity index (χ1v) is 9.51. The average Bonchev–Trinajstić information content (AvgIpc) is 3.27. The predicted octanol–water partition coefficient (Wildman–Crippen LogP) is 2.26. The van der Waals surface area contributed by atoms with Crippen LogP contribution >= 0.6 is 0 Å². The van der Waals surface area contributed by atoms with Gasteiger partial charge in [-0.3, -0.25) is 14.2 Å². The zero-order valence-electron chi connectivity index (χ0n) is 15.8. The molecule has 0 radical (unpaired) electrons. The summed E-state index contributed by atoms with van der Waals surface area (Å²) in [6.45, 7) is 0.511. The van der Waals surface area contributed by atoms with Crippen LogP contribution in [-0.2, 0) is 24.3 Å². The van der Waals surface area contributed by atoms with Gasteiger partial charge < -0.3 is 15.1 Å². The SMILES string of the molecule is O=C(Cn1nc2n(c1=O)CCCCC2)Nc1ccc(NC(=O)c2ccco2)cc1. The Morgan fingerprint density at radius 1 is 1.03 bits per heavy atom. The minimum atomic E-state index is -0.356. The Hall–Kier alpha value is -3.62. The predicted molar refractivity (Wildman–Crippen MR) is 106 cm³/mol. The van der Waals surface area contributed by atoms with Gasteiger partial charge in [0.05, 0.1) is 6.26 Å². The number of nitrogens with zero attached hydrogens (tertiary/aromatic N) is 3. The topological polar surface area (TPSA) is 111 Å². The van der Waals surface area contributed by atoms with Crippen molar-refractivity contribution in [1.82, 2.24) is 14.3 Å². The number of carbonyl (C=O) groups excluding carboxylic acids is 2. The quantitative estimate of drug-likeness (QED) is 0.688.